The number of hydrazine groups is 1. The maximum absolute atomic E-state index is 13.1. The zero-order valence-electron chi connectivity index (χ0n) is 20.1. The number of benzene rings is 3. The van der Waals surface area contributed by atoms with E-state index in [0.29, 0.717) is 22.2 Å². The van der Waals surface area contributed by atoms with Crippen LogP contribution in [-0.2, 0) is 11.3 Å². The molecule has 37 heavy (non-hydrogen) atoms. The molecule has 2 aromatic heterocycles. The number of carbonyl (C=O) groups is 2. The summed E-state index contributed by atoms with van der Waals surface area (Å²) in [5.74, 6) is -0.948. The Kier molecular flexibility index (Phi) is 6.58. The van der Waals surface area contributed by atoms with Gasteiger partial charge in [-0.1, -0.05) is 60.7 Å². The molecule has 2 heterocycles. The van der Waals surface area contributed by atoms with Gasteiger partial charge in [-0.15, -0.1) is 0 Å². The molecule has 0 aliphatic rings. The van der Waals surface area contributed by atoms with Crippen LogP contribution in [0.25, 0.3) is 27.8 Å². The van der Waals surface area contributed by atoms with Gasteiger partial charge in [-0.2, -0.15) is 5.10 Å². The van der Waals surface area contributed by atoms with E-state index in [-0.39, 0.29) is 18.5 Å². The predicted molar refractivity (Wildman–Crippen MR) is 140 cm³/mol. The Balaban J connectivity index is 1.29. The maximum atomic E-state index is 13.1. The summed E-state index contributed by atoms with van der Waals surface area (Å²) in [7, 11) is 0. The summed E-state index contributed by atoms with van der Waals surface area (Å²) < 4.78 is 3.01. The van der Waals surface area contributed by atoms with E-state index < -0.39 is 11.8 Å². The first-order chi connectivity index (χ1) is 18.0. The van der Waals surface area contributed by atoms with Crippen molar-refractivity contribution in [1.82, 2.24) is 30.2 Å². The van der Waals surface area contributed by atoms with Crippen LogP contribution < -0.4 is 16.4 Å². The maximum Gasteiger partial charge on any atom is 0.273 e. The Morgan fingerprint density at radius 3 is 2.38 bits per heavy atom. The fourth-order valence-electron chi connectivity index (χ4n) is 4.04. The van der Waals surface area contributed by atoms with E-state index in [1.165, 1.54) is 10.9 Å². The molecular formula is C28H24N6O3. The van der Waals surface area contributed by atoms with Gasteiger partial charge in [0.1, 0.15) is 5.69 Å². The predicted octanol–water partition coefficient (Wildman–Crippen LogP) is 3.41. The van der Waals surface area contributed by atoms with Crippen molar-refractivity contribution >= 4 is 22.7 Å². The minimum Gasteiger partial charge on any atom is -0.298 e. The van der Waals surface area contributed by atoms with Crippen LogP contribution in [0, 0.1) is 6.92 Å². The topological polar surface area (TPSA) is 111 Å². The summed E-state index contributed by atoms with van der Waals surface area (Å²) in [5.41, 5.74) is 8.60. The number of aromatic nitrogens is 4. The third kappa shape index (κ3) is 5.01. The number of rotatable bonds is 6. The molecule has 9 heteroatoms. The Hall–Kier alpha value is -5.05. The Bertz CT molecular complexity index is 1640. The molecule has 0 fully saturated rings. The van der Waals surface area contributed by atoms with E-state index in [9.17, 15) is 14.4 Å². The SMILES string of the molecule is Cc1cccc2c(=O)n(CCC(=O)NNC(=O)c3cn(-c4ccccc4)nc3-c3ccccc3)cnc12. The van der Waals surface area contributed by atoms with Crippen LogP contribution in [0.4, 0.5) is 0 Å². The molecule has 9 nitrogen and oxygen atoms in total. The standard InChI is InChI=1S/C28H24N6O3/c1-19-9-8-14-22-25(19)29-18-33(28(22)37)16-15-24(35)30-31-27(36)23-17-34(21-12-6-3-7-13-21)32-26(23)20-10-4-2-5-11-20/h2-14,17-18H,15-16H2,1H3,(H,30,35)(H,31,36). The van der Waals surface area contributed by atoms with Gasteiger partial charge < -0.3 is 0 Å². The van der Waals surface area contributed by atoms with Gasteiger partial charge in [-0.3, -0.25) is 29.8 Å². The second-order valence-electron chi connectivity index (χ2n) is 8.50. The molecule has 0 bridgehead atoms. The Labute approximate surface area is 212 Å². The molecule has 2 N–H and O–H groups in total. The molecule has 0 saturated carbocycles. The molecule has 5 aromatic rings. The number of nitrogens with zero attached hydrogens (tertiary/aromatic N) is 4. The molecule has 0 saturated heterocycles. The zero-order valence-corrected chi connectivity index (χ0v) is 20.1. The fourth-order valence-corrected chi connectivity index (χ4v) is 4.04. The van der Waals surface area contributed by atoms with Crippen molar-refractivity contribution in [3.63, 3.8) is 0 Å². The van der Waals surface area contributed by atoms with Crippen LogP contribution >= 0.6 is 0 Å². The lowest BCUT2D eigenvalue weighted by Crippen LogP contribution is -2.42. The summed E-state index contributed by atoms with van der Waals surface area (Å²) in [6.45, 7) is 2.01. The molecule has 0 aliphatic heterocycles. The highest BCUT2D eigenvalue weighted by Gasteiger charge is 2.19. The van der Waals surface area contributed by atoms with Crippen molar-refractivity contribution in [1.29, 1.82) is 0 Å². The third-order valence-electron chi connectivity index (χ3n) is 5.98. The lowest BCUT2D eigenvalue weighted by atomic mass is 10.1. The number of hydrogen-bond donors (Lipinski definition) is 2. The van der Waals surface area contributed by atoms with Gasteiger partial charge in [0.15, 0.2) is 0 Å². The molecule has 2 amide bonds. The van der Waals surface area contributed by atoms with Crippen LogP contribution in [0.5, 0.6) is 0 Å². The molecule has 0 radical (unpaired) electrons. The molecule has 184 valence electrons. The molecule has 3 aromatic carbocycles. The fraction of sp³-hybridized carbons (Fsp3) is 0.107. The molecule has 0 spiro atoms. The van der Waals surface area contributed by atoms with Gasteiger partial charge in [-0.05, 0) is 30.7 Å². The molecular weight excluding hydrogens is 468 g/mol. The van der Waals surface area contributed by atoms with E-state index in [4.69, 9.17) is 0 Å². The lowest BCUT2D eigenvalue weighted by Gasteiger charge is -2.09. The third-order valence-corrected chi connectivity index (χ3v) is 5.98. The first-order valence-corrected chi connectivity index (χ1v) is 11.8. The molecule has 0 unspecified atom stereocenters. The second kappa shape index (κ2) is 10.3. The van der Waals surface area contributed by atoms with E-state index in [2.05, 4.69) is 20.9 Å². The minimum atomic E-state index is -0.505. The van der Waals surface area contributed by atoms with E-state index in [0.717, 1.165) is 16.8 Å². The average Bonchev–Trinajstić information content (AvgIpc) is 3.39. The number of amides is 2. The van der Waals surface area contributed by atoms with Crippen molar-refractivity contribution in [2.75, 3.05) is 0 Å². The van der Waals surface area contributed by atoms with Crippen molar-refractivity contribution in [3.8, 4) is 16.9 Å². The van der Waals surface area contributed by atoms with Crippen LogP contribution in [0.15, 0.2) is 96.2 Å². The number of hydrogen-bond acceptors (Lipinski definition) is 5. The van der Waals surface area contributed by atoms with E-state index in [1.807, 2.05) is 73.7 Å². The Morgan fingerprint density at radius 1 is 0.892 bits per heavy atom. The summed E-state index contributed by atoms with van der Waals surface area (Å²) in [4.78, 5) is 42.6. The normalized spacial score (nSPS) is 10.8. The zero-order chi connectivity index (χ0) is 25.8. The van der Waals surface area contributed by atoms with Crippen LogP contribution in [-0.4, -0.2) is 31.1 Å². The smallest absolute Gasteiger partial charge is 0.273 e. The van der Waals surface area contributed by atoms with Gasteiger partial charge >= 0.3 is 0 Å². The van der Waals surface area contributed by atoms with Crippen molar-refractivity contribution < 1.29 is 9.59 Å². The van der Waals surface area contributed by atoms with Gasteiger partial charge in [0, 0.05) is 24.7 Å². The number of nitrogens with one attached hydrogen (secondary N) is 2. The average molecular weight is 493 g/mol. The van der Waals surface area contributed by atoms with Gasteiger partial charge in [0.05, 0.1) is 28.5 Å². The highest BCUT2D eigenvalue weighted by molar-refractivity contribution is 6.00. The molecule has 5 rings (SSSR count). The first-order valence-electron chi connectivity index (χ1n) is 11.8. The first kappa shape index (κ1) is 23.7. The summed E-state index contributed by atoms with van der Waals surface area (Å²) >= 11 is 0. The quantitative estimate of drug-likeness (QED) is 0.353. The minimum absolute atomic E-state index is 0.0198. The van der Waals surface area contributed by atoms with Crippen LogP contribution in [0.2, 0.25) is 0 Å². The van der Waals surface area contributed by atoms with E-state index in [1.54, 1.807) is 23.0 Å². The second-order valence-corrected chi connectivity index (χ2v) is 8.50. The number of para-hydroxylation sites is 2. The summed E-state index contributed by atoms with van der Waals surface area (Å²) in [6.07, 6.45) is 3.04. The van der Waals surface area contributed by atoms with E-state index >= 15 is 0 Å². The summed E-state index contributed by atoms with van der Waals surface area (Å²) in [6, 6.07) is 24.2. The van der Waals surface area contributed by atoms with Crippen LogP contribution in [0.1, 0.15) is 22.3 Å². The number of aryl methyl sites for hydroxylation is 2. The van der Waals surface area contributed by atoms with Crippen molar-refractivity contribution in [2.45, 2.75) is 19.9 Å². The number of fused-ring (bicyclic) bond motifs is 1. The van der Waals surface area contributed by atoms with Gasteiger partial charge in [-0.25, -0.2) is 9.67 Å². The van der Waals surface area contributed by atoms with Crippen molar-refractivity contribution in [2.24, 2.45) is 0 Å². The van der Waals surface area contributed by atoms with Crippen LogP contribution in [0.3, 0.4) is 0 Å². The summed E-state index contributed by atoms with van der Waals surface area (Å²) in [5, 5.41) is 5.11. The molecule has 0 aliphatic carbocycles. The van der Waals surface area contributed by atoms with Crippen molar-refractivity contribution in [3.05, 3.63) is 113 Å². The highest BCUT2D eigenvalue weighted by Crippen LogP contribution is 2.23. The largest absolute Gasteiger partial charge is 0.298 e. The Morgan fingerprint density at radius 2 is 1.62 bits per heavy atom. The highest BCUT2D eigenvalue weighted by atomic mass is 16.2. The lowest BCUT2D eigenvalue weighted by molar-refractivity contribution is -0.122. The van der Waals surface area contributed by atoms with Gasteiger partial charge in [0.25, 0.3) is 11.5 Å². The van der Waals surface area contributed by atoms with Gasteiger partial charge in [0.2, 0.25) is 5.91 Å². The monoisotopic (exact) mass is 492 g/mol. The number of carbonyl (C=O) groups excluding carboxylic acids is 2. The molecule has 0 atom stereocenters.